The molecule has 0 saturated carbocycles. The van der Waals surface area contributed by atoms with Gasteiger partial charge in [-0.2, -0.15) is 0 Å². The van der Waals surface area contributed by atoms with E-state index in [4.69, 9.17) is 23.2 Å². The number of carbonyl (C=O) groups is 2. The average molecular weight is 198 g/mol. The number of nitrogens with one attached hydrogen (secondary N) is 1. The highest BCUT2D eigenvalue weighted by atomic mass is 35.5. The maximum Gasteiger partial charge on any atom is 0.273 e. The third-order valence-corrected chi connectivity index (χ3v) is 1.19. The van der Waals surface area contributed by atoms with Crippen LogP contribution in [0.5, 0.6) is 0 Å². The Morgan fingerprint density at radius 2 is 2.09 bits per heavy atom. The lowest BCUT2D eigenvalue weighted by atomic mass is 10.5. The second-order valence-electron chi connectivity index (χ2n) is 1.64. The molecule has 0 heterocycles. The quantitative estimate of drug-likeness (QED) is 0.514. The number of amides is 2. The molecule has 0 aromatic heterocycles. The largest absolute Gasteiger partial charge is 0.273 e. The lowest BCUT2D eigenvalue weighted by Crippen LogP contribution is -2.38. The van der Waals surface area contributed by atoms with Gasteiger partial charge in [0.25, 0.3) is 11.8 Å². The van der Waals surface area contributed by atoms with Crippen molar-refractivity contribution < 1.29 is 9.59 Å². The van der Waals surface area contributed by atoms with E-state index in [1.807, 2.05) is 5.43 Å². The zero-order chi connectivity index (χ0) is 8.85. The Hall–Kier alpha value is -0.480. The summed E-state index contributed by atoms with van der Waals surface area (Å²) in [5.41, 5.74) is 5.06. The van der Waals surface area contributed by atoms with E-state index in [-0.39, 0.29) is 6.42 Å². The van der Waals surface area contributed by atoms with Crippen LogP contribution in [0.3, 0.4) is 0 Å². The van der Waals surface area contributed by atoms with Gasteiger partial charge >= 0.3 is 0 Å². The lowest BCUT2D eigenvalue weighted by molar-refractivity contribution is -0.128. The molecule has 2 amide bonds. The zero-order valence-electron chi connectivity index (χ0n) is 5.80. The summed E-state index contributed by atoms with van der Waals surface area (Å²) in [6.07, 6.45) is 0.232. The summed E-state index contributed by atoms with van der Waals surface area (Å²) < 4.78 is 0. The molecule has 0 aliphatic rings. The topological polar surface area (TPSA) is 60.3 Å². The van der Waals surface area contributed by atoms with Gasteiger partial charge in [0.1, 0.15) is 0 Å². The summed E-state index contributed by atoms with van der Waals surface area (Å²) in [6, 6.07) is 0. The van der Waals surface area contributed by atoms with Gasteiger partial charge < -0.3 is 0 Å². The van der Waals surface area contributed by atoms with Crippen LogP contribution in [0.25, 0.3) is 0 Å². The first-order valence-corrected chi connectivity index (χ1v) is 3.76. The Bertz CT molecular complexity index is 161. The molecular formula is C5H7Cl2N2O2. The Morgan fingerprint density at radius 3 is 2.45 bits per heavy atom. The molecule has 0 aliphatic heterocycles. The zero-order valence-corrected chi connectivity index (χ0v) is 7.32. The summed E-state index contributed by atoms with van der Waals surface area (Å²) in [6.45, 7) is 1.62. The predicted molar refractivity (Wildman–Crippen MR) is 41.1 cm³/mol. The van der Waals surface area contributed by atoms with Crippen LogP contribution in [0.1, 0.15) is 13.3 Å². The fourth-order valence-corrected chi connectivity index (χ4v) is 0.343. The van der Waals surface area contributed by atoms with Crippen molar-refractivity contribution in [1.82, 2.24) is 10.9 Å². The molecule has 0 atom stereocenters. The summed E-state index contributed by atoms with van der Waals surface area (Å²) in [4.78, 5) is 19.8. The fourth-order valence-electron chi connectivity index (χ4n) is 0.245. The van der Waals surface area contributed by atoms with Crippen LogP contribution >= 0.6 is 23.2 Å². The number of alkyl halides is 2. The molecule has 0 aromatic carbocycles. The van der Waals surface area contributed by atoms with Crippen LogP contribution in [0.15, 0.2) is 0 Å². The van der Waals surface area contributed by atoms with E-state index < -0.39 is 16.7 Å². The van der Waals surface area contributed by atoms with E-state index in [2.05, 4.69) is 5.43 Å². The number of rotatable bonds is 2. The van der Waals surface area contributed by atoms with Crippen molar-refractivity contribution in [3.63, 3.8) is 0 Å². The van der Waals surface area contributed by atoms with E-state index in [0.29, 0.717) is 0 Å². The van der Waals surface area contributed by atoms with Crippen LogP contribution in [-0.4, -0.2) is 16.7 Å². The van der Waals surface area contributed by atoms with E-state index >= 15 is 0 Å². The first-order chi connectivity index (χ1) is 5.07. The second-order valence-corrected chi connectivity index (χ2v) is 2.73. The third-order valence-electron chi connectivity index (χ3n) is 0.791. The molecule has 6 heteroatoms. The molecule has 0 rings (SSSR count). The molecule has 0 unspecified atom stereocenters. The minimum Gasteiger partial charge on any atom is -0.271 e. The van der Waals surface area contributed by atoms with Crippen LogP contribution < -0.4 is 10.9 Å². The van der Waals surface area contributed by atoms with Gasteiger partial charge in [0, 0.05) is 6.42 Å². The summed E-state index contributed by atoms with van der Waals surface area (Å²) in [7, 11) is 0. The summed E-state index contributed by atoms with van der Waals surface area (Å²) in [5, 5.41) is 0. The SMILES string of the molecule is CCC(=O)[N]NC(=O)C(Cl)Cl. The molecule has 0 spiro atoms. The van der Waals surface area contributed by atoms with Crippen molar-refractivity contribution in [2.75, 3.05) is 0 Å². The Kier molecular flexibility index (Phi) is 4.98. The van der Waals surface area contributed by atoms with Gasteiger partial charge in [-0.15, -0.1) is 5.43 Å². The van der Waals surface area contributed by atoms with E-state index in [1.165, 1.54) is 0 Å². The smallest absolute Gasteiger partial charge is 0.271 e. The van der Waals surface area contributed by atoms with Crippen LogP contribution in [0.4, 0.5) is 0 Å². The maximum atomic E-state index is 10.5. The van der Waals surface area contributed by atoms with Gasteiger partial charge in [0.15, 0.2) is 4.84 Å². The Labute approximate surface area is 74.2 Å². The minimum atomic E-state index is -1.19. The molecule has 1 N–H and O–H groups in total. The molecule has 0 fully saturated rings. The number of hydrogen-bond donors (Lipinski definition) is 1. The van der Waals surface area contributed by atoms with Crippen LogP contribution in [-0.2, 0) is 9.59 Å². The molecule has 4 nitrogen and oxygen atoms in total. The van der Waals surface area contributed by atoms with Crippen molar-refractivity contribution >= 4 is 35.0 Å². The highest BCUT2D eigenvalue weighted by Crippen LogP contribution is 1.99. The maximum absolute atomic E-state index is 10.5. The molecular weight excluding hydrogens is 191 g/mol. The number of carbonyl (C=O) groups excluding carboxylic acids is 2. The van der Waals surface area contributed by atoms with E-state index in [0.717, 1.165) is 0 Å². The predicted octanol–water partition coefficient (Wildman–Crippen LogP) is 0.362. The van der Waals surface area contributed by atoms with Crippen molar-refractivity contribution in [1.29, 1.82) is 0 Å². The van der Waals surface area contributed by atoms with Gasteiger partial charge in [-0.25, -0.2) is 5.43 Å². The normalized spacial score (nSPS) is 9.45. The minimum absolute atomic E-state index is 0.232. The van der Waals surface area contributed by atoms with Gasteiger partial charge in [-0.1, -0.05) is 30.1 Å². The molecule has 0 saturated heterocycles. The van der Waals surface area contributed by atoms with Crippen molar-refractivity contribution in [3.05, 3.63) is 0 Å². The van der Waals surface area contributed by atoms with Crippen molar-refractivity contribution in [2.24, 2.45) is 0 Å². The second kappa shape index (κ2) is 5.21. The van der Waals surface area contributed by atoms with Gasteiger partial charge in [0.2, 0.25) is 0 Å². The highest BCUT2D eigenvalue weighted by Gasteiger charge is 2.11. The summed E-state index contributed by atoms with van der Waals surface area (Å²) >= 11 is 10.3. The van der Waals surface area contributed by atoms with E-state index in [9.17, 15) is 9.59 Å². The van der Waals surface area contributed by atoms with Crippen LogP contribution in [0.2, 0.25) is 0 Å². The third kappa shape index (κ3) is 4.86. The molecule has 0 aromatic rings. The molecule has 1 radical (unpaired) electrons. The van der Waals surface area contributed by atoms with Gasteiger partial charge in [-0.3, -0.25) is 9.59 Å². The van der Waals surface area contributed by atoms with E-state index in [1.54, 1.807) is 6.92 Å². The first-order valence-electron chi connectivity index (χ1n) is 2.89. The highest BCUT2D eigenvalue weighted by molar-refractivity contribution is 6.53. The van der Waals surface area contributed by atoms with Gasteiger partial charge in [0.05, 0.1) is 0 Å². The first kappa shape index (κ1) is 10.5. The molecule has 0 bridgehead atoms. The van der Waals surface area contributed by atoms with Crippen molar-refractivity contribution in [3.8, 4) is 0 Å². The Morgan fingerprint density at radius 1 is 1.55 bits per heavy atom. The average Bonchev–Trinajstić information content (AvgIpc) is 1.99. The van der Waals surface area contributed by atoms with Crippen LogP contribution in [0, 0.1) is 0 Å². The summed E-state index contributed by atoms with van der Waals surface area (Å²) in [5.74, 6) is -1.12. The number of nitrogens with zero attached hydrogens (tertiary/aromatic N) is 1. The lowest BCUT2D eigenvalue weighted by Gasteiger charge is -2.01. The molecule has 0 aliphatic carbocycles. The molecule has 11 heavy (non-hydrogen) atoms. The number of halogens is 2. The Balaban J connectivity index is 3.54. The standard InChI is InChI=1S/C5H7Cl2N2O2/c1-2-3(10)8-9-5(11)4(6)7/h4H,2H2,1H3,(H,9,11). The molecule has 63 valence electrons. The van der Waals surface area contributed by atoms with Crippen molar-refractivity contribution in [2.45, 2.75) is 18.2 Å². The monoisotopic (exact) mass is 197 g/mol. The van der Waals surface area contributed by atoms with Gasteiger partial charge in [-0.05, 0) is 0 Å². The number of hydrogen-bond acceptors (Lipinski definition) is 2. The fraction of sp³-hybridized carbons (Fsp3) is 0.600.